The second-order valence-corrected chi connectivity index (χ2v) is 36.7. The van der Waals surface area contributed by atoms with Gasteiger partial charge in [-0.15, -0.1) is 34.0 Å². The molecule has 0 aliphatic carbocycles. The van der Waals surface area contributed by atoms with Crippen LogP contribution < -0.4 is 0 Å². The minimum atomic E-state index is 0.986. The summed E-state index contributed by atoms with van der Waals surface area (Å²) in [6.45, 7) is 0. The minimum absolute atomic E-state index is 0.986. The topological polar surface area (TPSA) is 53.5 Å². The maximum atomic E-state index is 5.29. The van der Waals surface area contributed by atoms with Gasteiger partial charge in [-0.3, -0.25) is 4.98 Å². The highest BCUT2D eigenvalue weighted by Gasteiger charge is 2.23. The third-order valence-electron chi connectivity index (χ3n) is 25.9. The number of para-hydroxylation sites is 6. The van der Waals surface area contributed by atoms with Crippen LogP contribution in [-0.4, -0.2) is 28.7 Å². The van der Waals surface area contributed by atoms with Gasteiger partial charge in [-0.2, -0.15) is 0 Å². The predicted molar refractivity (Wildman–Crippen MR) is 563 cm³/mol. The molecule has 0 saturated carbocycles. The Balaban J connectivity index is 0.000000106. The second-order valence-electron chi connectivity index (χ2n) is 33.6. The molecular formula is C123H78N6S3. The molecule has 27 aromatic rings. The van der Waals surface area contributed by atoms with Gasteiger partial charge in [0, 0.05) is 120 Å². The zero-order valence-electron chi connectivity index (χ0n) is 71.4. The molecule has 9 heteroatoms. The van der Waals surface area contributed by atoms with Gasteiger partial charge in [0.1, 0.15) is 4.83 Å². The summed E-state index contributed by atoms with van der Waals surface area (Å²) in [5.41, 5.74) is 34.3. The number of nitrogens with zero attached hydrogens (tertiary/aromatic N) is 6. The van der Waals surface area contributed by atoms with Crippen LogP contribution in [0.3, 0.4) is 0 Å². The van der Waals surface area contributed by atoms with Crippen LogP contribution in [0.25, 0.3) is 244 Å². The van der Waals surface area contributed by atoms with Crippen molar-refractivity contribution in [1.82, 2.24) is 28.7 Å². The van der Waals surface area contributed by atoms with Crippen molar-refractivity contribution in [1.29, 1.82) is 0 Å². The summed E-state index contributed by atoms with van der Waals surface area (Å²) in [7, 11) is 0. The van der Waals surface area contributed by atoms with Gasteiger partial charge in [0.05, 0.1) is 59.2 Å². The lowest BCUT2D eigenvalue weighted by Crippen LogP contribution is -1.94. The Hall–Kier alpha value is -16.5. The fraction of sp³-hybridized carbons (Fsp3) is 0. The quantitative estimate of drug-likeness (QED) is 0.122. The zero-order chi connectivity index (χ0) is 87.1. The summed E-state index contributed by atoms with van der Waals surface area (Å²) in [4.78, 5) is 15.8. The molecule has 618 valence electrons. The van der Waals surface area contributed by atoms with Crippen molar-refractivity contribution in [2.45, 2.75) is 0 Å². The monoisotopic (exact) mass is 1730 g/mol. The second kappa shape index (κ2) is 33.0. The van der Waals surface area contributed by atoms with Crippen LogP contribution in [0, 0.1) is 0 Å². The maximum absolute atomic E-state index is 5.29. The van der Waals surface area contributed by atoms with Gasteiger partial charge >= 0.3 is 0 Å². The fourth-order valence-corrected chi connectivity index (χ4v) is 23.3. The SMILES string of the molecule is c1ccc(-c2cc(-c3cccc(-c4cccc(-n5c6ccccc6c6ccccc65)c4)c3)cc3c2sc2cccnc23)cc1.c1ccc(-c2cc(-c3cccc(-c4cccc(-n5c6ccccc6c6ccccc65)c4)c3)cc3c2sc2ncccc23)cc1.c1ccc(-c2cc(-c3cccc(-c4cccc(-n5c6ccccc6c6ccccc65)c4)c3)nc3c2sc2ccccc23)cc1. The van der Waals surface area contributed by atoms with Gasteiger partial charge in [0.15, 0.2) is 0 Å². The molecule has 0 radical (unpaired) electrons. The molecule has 9 heterocycles. The van der Waals surface area contributed by atoms with Crippen molar-refractivity contribution in [2.75, 3.05) is 0 Å². The molecule has 0 N–H and O–H groups in total. The highest BCUT2D eigenvalue weighted by molar-refractivity contribution is 7.27. The molecule has 0 atom stereocenters. The molecule has 0 unspecified atom stereocenters. The number of thiophene rings is 3. The molecule has 132 heavy (non-hydrogen) atoms. The molecule has 0 aliphatic heterocycles. The number of hydrogen-bond acceptors (Lipinski definition) is 6. The van der Waals surface area contributed by atoms with Gasteiger partial charge in [-0.25, -0.2) is 9.97 Å². The van der Waals surface area contributed by atoms with E-state index < -0.39 is 0 Å². The van der Waals surface area contributed by atoms with Crippen molar-refractivity contribution in [2.24, 2.45) is 0 Å². The molecular weight excluding hydrogens is 1660 g/mol. The lowest BCUT2D eigenvalue weighted by atomic mass is 9.94. The molecule has 0 saturated heterocycles. The highest BCUT2D eigenvalue weighted by Crippen LogP contribution is 2.48. The zero-order valence-corrected chi connectivity index (χ0v) is 73.9. The van der Waals surface area contributed by atoms with Crippen LogP contribution in [-0.2, 0) is 0 Å². The average Bonchev–Trinajstić information content (AvgIpc) is 1.62. The minimum Gasteiger partial charge on any atom is -0.309 e. The van der Waals surface area contributed by atoms with Crippen molar-refractivity contribution in [3.05, 3.63) is 473 Å². The van der Waals surface area contributed by atoms with Gasteiger partial charge in [0.2, 0.25) is 0 Å². The van der Waals surface area contributed by atoms with E-state index in [1.165, 1.54) is 199 Å². The van der Waals surface area contributed by atoms with E-state index in [0.717, 1.165) is 44.2 Å². The third-order valence-corrected chi connectivity index (χ3v) is 29.4. The molecule has 0 spiro atoms. The highest BCUT2D eigenvalue weighted by atomic mass is 32.1. The maximum Gasteiger partial charge on any atom is 0.124 e. The van der Waals surface area contributed by atoms with E-state index in [4.69, 9.17) is 15.0 Å². The molecule has 18 aromatic carbocycles. The predicted octanol–water partition coefficient (Wildman–Crippen LogP) is 34.6. The van der Waals surface area contributed by atoms with Crippen molar-refractivity contribution in [3.8, 4) is 117 Å². The molecule has 9 aromatic heterocycles. The summed E-state index contributed by atoms with van der Waals surface area (Å²) in [6.07, 6.45) is 3.78. The fourth-order valence-electron chi connectivity index (χ4n) is 19.8. The van der Waals surface area contributed by atoms with Crippen LogP contribution >= 0.6 is 34.0 Å². The summed E-state index contributed by atoms with van der Waals surface area (Å²) in [5.74, 6) is 0. The molecule has 6 nitrogen and oxygen atoms in total. The number of hydrogen-bond donors (Lipinski definition) is 0. The molecule has 27 rings (SSSR count). The Labute approximate surface area is 773 Å². The van der Waals surface area contributed by atoms with E-state index in [2.05, 4.69) is 463 Å². The van der Waals surface area contributed by atoms with E-state index >= 15 is 0 Å². The first-order chi connectivity index (χ1) is 65.4. The van der Waals surface area contributed by atoms with Crippen LogP contribution in [0.4, 0.5) is 0 Å². The van der Waals surface area contributed by atoms with Gasteiger partial charge < -0.3 is 13.7 Å². The number of benzene rings is 18. The lowest BCUT2D eigenvalue weighted by Gasteiger charge is -2.12. The summed E-state index contributed by atoms with van der Waals surface area (Å²) >= 11 is 5.42. The molecule has 0 amide bonds. The van der Waals surface area contributed by atoms with Crippen LogP contribution in [0.5, 0.6) is 0 Å². The van der Waals surface area contributed by atoms with Gasteiger partial charge in [-0.05, 0) is 224 Å². The van der Waals surface area contributed by atoms with E-state index in [1.54, 1.807) is 11.3 Å². The number of aromatic nitrogens is 6. The summed E-state index contributed by atoms with van der Waals surface area (Å²) in [6, 6.07) is 166. The lowest BCUT2D eigenvalue weighted by molar-refractivity contribution is 1.18. The smallest absolute Gasteiger partial charge is 0.124 e. The van der Waals surface area contributed by atoms with E-state index in [1.807, 2.05) is 47.2 Å². The Morgan fingerprint density at radius 3 is 0.932 bits per heavy atom. The Bertz CT molecular complexity index is 8190. The normalized spacial score (nSPS) is 11.6. The Kier molecular flexibility index (Phi) is 19.4. The van der Waals surface area contributed by atoms with Gasteiger partial charge in [0.25, 0.3) is 0 Å². The average molecular weight is 1740 g/mol. The van der Waals surface area contributed by atoms with Crippen molar-refractivity contribution >= 4 is 160 Å². The Morgan fingerprint density at radius 2 is 0.485 bits per heavy atom. The third kappa shape index (κ3) is 13.8. The van der Waals surface area contributed by atoms with Crippen molar-refractivity contribution in [3.63, 3.8) is 0 Å². The molecule has 0 fully saturated rings. The largest absolute Gasteiger partial charge is 0.309 e. The van der Waals surface area contributed by atoms with Crippen LogP contribution in [0.1, 0.15) is 0 Å². The van der Waals surface area contributed by atoms with E-state index in [9.17, 15) is 0 Å². The van der Waals surface area contributed by atoms with E-state index in [-0.39, 0.29) is 0 Å². The number of rotatable bonds is 12. The summed E-state index contributed by atoms with van der Waals surface area (Å²) in [5, 5.41) is 12.5. The van der Waals surface area contributed by atoms with Crippen LogP contribution in [0.15, 0.2) is 473 Å². The Morgan fingerprint density at radius 1 is 0.174 bits per heavy atom. The molecule has 0 bridgehead atoms. The number of fused-ring (bicyclic) bond motifs is 18. The first-order valence-electron chi connectivity index (χ1n) is 44.6. The summed E-state index contributed by atoms with van der Waals surface area (Å²) < 4.78 is 13.4. The first kappa shape index (κ1) is 77.8. The molecule has 0 aliphatic rings. The first-order valence-corrected chi connectivity index (χ1v) is 47.1. The van der Waals surface area contributed by atoms with Gasteiger partial charge in [-0.1, -0.05) is 309 Å². The number of pyridine rings is 3. The van der Waals surface area contributed by atoms with E-state index in [0.29, 0.717) is 0 Å². The standard InChI is InChI=1S/3C41H26N2S/c1-2-12-27(13-3-1)35-26-36(42-40-34-20-6-9-23-39(34)44-41(35)40)30-16-10-14-28(24-30)29-15-11-17-31(25-29)43-37-21-7-4-18-32(37)33-19-5-8-22-38(33)43;1-2-11-27(12-3-1)36-25-31(26-37-35-19-10-22-42-41(35)44-40(36)37)29-14-8-13-28(23-29)30-15-9-16-32(24-30)43-38-20-6-4-17-33(38)34-18-5-7-21-39(34)43;1-2-11-27(12-3-1)35-25-31(26-36-40-39(44-41(35)36)21-10-22-42-40)29-14-8-13-28(23-29)30-15-9-16-32(24-30)43-37-19-6-4-17-33(37)34-18-5-7-20-38(34)43/h3*1-26H. The van der Waals surface area contributed by atoms with Crippen molar-refractivity contribution < 1.29 is 0 Å². The van der Waals surface area contributed by atoms with Crippen LogP contribution in [0.2, 0.25) is 0 Å².